The Bertz CT molecular complexity index is 522. The summed E-state index contributed by atoms with van der Waals surface area (Å²) in [5.74, 6) is 0. The van der Waals surface area contributed by atoms with Crippen LogP contribution in [0.15, 0.2) is 34.8 Å². The predicted octanol–water partition coefficient (Wildman–Crippen LogP) is 6.15. The minimum atomic E-state index is 0.328. The summed E-state index contributed by atoms with van der Waals surface area (Å²) in [6, 6.07) is 10.2. The molecule has 1 heterocycles. The first-order valence-electron chi connectivity index (χ1n) is 5.20. The Hall–Kier alpha value is 0.170. The van der Waals surface area contributed by atoms with Crippen LogP contribution in [0.4, 0.5) is 0 Å². The van der Waals surface area contributed by atoms with Gasteiger partial charge in [0.15, 0.2) is 0 Å². The summed E-state index contributed by atoms with van der Waals surface area (Å²) in [6.07, 6.45) is 0.944. The standard InChI is InChI=1S/C13H11Br2ClS/c1-8-5-11(14)13(17-8)12(15)7-9-3-2-4-10(16)6-9/h2-6,12H,7H2,1H3. The molecule has 1 aromatic carbocycles. The second-order valence-corrected chi connectivity index (χ2v) is 7.55. The molecule has 0 fully saturated rings. The maximum absolute atomic E-state index is 5.99. The lowest BCUT2D eigenvalue weighted by Crippen LogP contribution is -1.93. The van der Waals surface area contributed by atoms with Crippen LogP contribution in [0.25, 0.3) is 0 Å². The van der Waals surface area contributed by atoms with E-state index in [1.54, 1.807) is 0 Å². The van der Waals surface area contributed by atoms with E-state index in [9.17, 15) is 0 Å². The molecule has 2 aromatic rings. The Morgan fingerprint density at radius 3 is 2.71 bits per heavy atom. The van der Waals surface area contributed by atoms with Crippen molar-refractivity contribution in [1.82, 2.24) is 0 Å². The number of rotatable bonds is 3. The van der Waals surface area contributed by atoms with Gasteiger partial charge in [-0.1, -0.05) is 39.7 Å². The predicted molar refractivity (Wildman–Crippen MR) is 83.6 cm³/mol. The molecule has 0 amide bonds. The van der Waals surface area contributed by atoms with Crippen LogP contribution in [0.2, 0.25) is 5.02 Å². The van der Waals surface area contributed by atoms with Crippen molar-refractivity contribution in [3.8, 4) is 0 Å². The largest absolute Gasteiger partial charge is 0.143 e. The molecule has 0 aliphatic heterocycles. The first-order chi connectivity index (χ1) is 8.06. The summed E-state index contributed by atoms with van der Waals surface area (Å²) in [5, 5.41) is 0.795. The summed E-state index contributed by atoms with van der Waals surface area (Å²) in [4.78, 5) is 2.99. The van der Waals surface area contributed by atoms with Gasteiger partial charge in [0.05, 0.1) is 4.83 Å². The Morgan fingerprint density at radius 1 is 1.35 bits per heavy atom. The van der Waals surface area contributed by atoms with Crippen molar-refractivity contribution in [2.75, 3.05) is 0 Å². The highest BCUT2D eigenvalue weighted by Crippen LogP contribution is 2.38. The molecule has 0 saturated carbocycles. The lowest BCUT2D eigenvalue weighted by molar-refractivity contribution is 0.965. The van der Waals surface area contributed by atoms with Gasteiger partial charge in [0.2, 0.25) is 0 Å². The van der Waals surface area contributed by atoms with E-state index in [-0.39, 0.29) is 0 Å². The minimum absolute atomic E-state index is 0.328. The third-order valence-electron chi connectivity index (χ3n) is 2.42. The number of halogens is 3. The molecule has 0 saturated heterocycles. The third-order valence-corrected chi connectivity index (χ3v) is 5.83. The Morgan fingerprint density at radius 2 is 2.12 bits per heavy atom. The second kappa shape index (κ2) is 5.87. The van der Waals surface area contributed by atoms with Gasteiger partial charge in [-0.05, 0) is 53.0 Å². The smallest absolute Gasteiger partial charge is 0.0540 e. The summed E-state index contributed by atoms with van der Waals surface area (Å²) in [6.45, 7) is 2.12. The Balaban J connectivity index is 2.16. The quantitative estimate of drug-likeness (QED) is 0.548. The van der Waals surface area contributed by atoms with E-state index in [1.807, 2.05) is 29.5 Å². The average Bonchev–Trinajstić information content (AvgIpc) is 2.58. The maximum atomic E-state index is 5.99. The number of hydrogen-bond donors (Lipinski definition) is 0. The van der Waals surface area contributed by atoms with Crippen molar-refractivity contribution >= 4 is 54.8 Å². The summed E-state index contributed by atoms with van der Waals surface area (Å²) >= 11 is 15.2. The molecule has 4 heteroatoms. The van der Waals surface area contributed by atoms with E-state index in [4.69, 9.17) is 11.6 Å². The summed E-state index contributed by atoms with van der Waals surface area (Å²) in [5.41, 5.74) is 1.25. The highest BCUT2D eigenvalue weighted by Gasteiger charge is 2.14. The molecular weight excluding hydrogens is 383 g/mol. The zero-order chi connectivity index (χ0) is 12.4. The molecule has 0 radical (unpaired) electrons. The summed E-state index contributed by atoms with van der Waals surface area (Å²) < 4.78 is 1.18. The van der Waals surface area contributed by atoms with Gasteiger partial charge < -0.3 is 0 Å². The molecule has 0 aliphatic carbocycles. The maximum Gasteiger partial charge on any atom is 0.0540 e. The highest BCUT2D eigenvalue weighted by molar-refractivity contribution is 9.11. The fraction of sp³-hybridized carbons (Fsp3) is 0.231. The number of benzene rings is 1. The lowest BCUT2D eigenvalue weighted by Gasteiger charge is -2.09. The van der Waals surface area contributed by atoms with Gasteiger partial charge in [-0.3, -0.25) is 0 Å². The molecule has 1 aromatic heterocycles. The van der Waals surface area contributed by atoms with Gasteiger partial charge in [-0.25, -0.2) is 0 Å². The minimum Gasteiger partial charge on any atom is -0.143 e. The lowest BCUT2D eigenvalue weighted by atomic mass is 10.1. The molecule has 0 nitrogen and oxygen atoms in total. The monoisotopic (exact) mass is 392 g/mol. The van der Waals surface area contributed by atoms with E-state index in [0.717, 1.165) is 11.4 Å². The number of aryl methyl sites for hydroxylation is 1. The van der Waals surface area contributed by atoms with E-state index < -0.39 is 0 Å². The topological polar surface area (TPSA) is 0 Å². The summed E-state index contributed by atoms with van der Waals surface area (Å²) in [7, 11) is 0. The third kappa shape index (κ3) is 3.57. The fourth-order valence-corrected chi connectivity index (χ4v) is 5.00. The Kier molecular flexibility index (Phi) is 4.70. The number of alkyl halides is 1. The molecule has 0 bridgehead atoms. The zero-order valence-electron chi connectivity index (χ0n) is 9.21. The van der Waals surface area contributed by atoms with Crippen molar-refractivity contribution in [3.05, 3.63) is 55.1 Å². The van der Waals surface area contributed by atoms with Crippen LogP contribution in [-0.2, 0) is 6.42 Å². The number of thiophene rings is 1. The van der Waals surface area contributed by atoms with Crippen LogP contribution >= 0.6 is 54.8 Å². The second-order valence-electron chi connectivity index (χ2n) is 3.87. The zero-order valence-corrected chi connectivity index (χ0v) is 14.0. The van der Waals surface area contributed by atoms with Crippen molar-refractivity contribution in [2.45, 2.75) is 18.2 Å². The number of hydrogen-bond acceptors (Lipinski definition) is 1. The van der Waals surface area contributed by atoms with Crippen LogP contribution in [-0.4, -0.2) is 0 Å². The van der Waals surface area contributed by atoms with Crippen molar-refractivity contribution in [3.63, 3.8) is 0 Å². The van der Waals surface area contributed by atoms with Crippen molar-refractivity contribution < 1.29 is 0 Å². The molecule has 1 atom stereocenters. The van der Waals surface area contributed by atoms with Crippen LogP contribution in [0.5, 0.6) is 0 Å². The van der Waals surface area contributed by atoms with Gasteiger partial charge in [0, 0.05) is 19.2 Å². The van der Waals surface area contributed by atoms with Crippen LogP contribution in [0.3, 0.4) is 0 Å². The Labute approximate surface area is 127 Å². The molecule has 0 aliphatic rings. The highest BCUT2D eigenvalue weighted by atomic mass is 79.9. The fourth-order valence-electron chi connectivity index (χ4n) is 1.68. The van der Waals surface area contributed by atoms with Gasteiger partial charge in [-0.15, -0.1) is 11.3 Å². The van der Waals surface area contributed by atoms with E-state index in [1.165, 1.54) is 19.8 Å². The normalized spacial score (nSPS) is 12.7. The van der Waals surface area contributed by atoms with E-state index >= 15 is 0 Å². The molecule has 0 spiro atoms. The SMILES string of the molecule is Cc1cc(Br)c(C(Br)Cc2cccc(Cl)c2)s1. The molecule has 2 rings (SSSR count). The molecule has 0 N–H and O–H groups in total. The van der Waals surface area contributed by atoms with Gasteiger partial charge >= 0.3 is 0 Å². The first-order valence-corrected chi connectivity index (χ1v) is 8.11. The average molecular weight is 395 g/mol. The van der Waals surface area contributed by atoms with Crippen molar-refractivity contribution in [1.29, 1.82) is 0 Å². The first kappa shape index (κ1) is 13.6. The van der Waals surface area contributed by atoms with Crippen LogP contribution < -0.4 is 0 Å². The molecular formula is C13H11Br2ClS. The van der Waals surface area contributed by atoms with E-state index in [2.05, 4.69) is 50.9 Å². The van der Waals surface area contributed by atoms with Crippen LogP contribution in [0.1, 0.15) is 20.1 Å². The molecule has 17 heavy (non-hydrogen) atoms. The molecule has 90 valence electrons. The van der Waals surface area contributed by atoms with Gasteiger partial charge in [-0.2, -0.15) is 0 Å². The molecule has 1 unspecified atom stereocenters. The van der Waals surface area contributed by atoms with E-state index in [0.29, 0.717) is 4.83 Å². The van der Waals surface area contributed by atoms with Gasteiger partial charge in [0.25, 0.3) is 0 Å². The van der Waals surface area contributed by atoms with Crippen molar-refractivity contribution in [2.24, 2.45) is 0 Å². The van der Waals surface area contributed by atoms with Gasteiger partial charge in [0.1, 0.15) is 0 Å². The van der Waals surface area contributed by atoms with Crippen LogP contribution in [0, 0.1) is 6.92 Å².